The highest BCUT2D eigenvalue weighted by molar-refractivity contribution is 7.98. The molecule has 0 fully saturated rings. The summed E-state index contributed by atoms with van der Waals surface area (Å²) in [4.78, 5) is 19.0. The van der Waals surface area contributed by atoms with Crippen molar-refractivity contribution in [1.29, 1.82) is 0 Å². The van der Waals surface area contributed by atoms with Gasteiger partial charge >= 0.3 is 5.97 Å². The summed E-state index contributed by atoms with van der Waals surface area (Å²) >= 11 is 3.15. The summed E-state index contributed by atoms with van der Waals surface area (Å²) in [6, 6.07) is 23.6. The second-order valence-corrected chi connectivity index (χ2v) is 9.28. The number of anilines is 1. The highest BCUT2D eigenvalue weighted by Crippen LogP contribution is 2.41. The molecular formula is C25H22N4O2S2. The quantitative estimate of drug-likeness (QED) is 0.277. The van der Waals surface area contributed by atoms with Crippen LogP contribution in [0.25, 0.3) is 5.70 Å². The Morgan fingerprint density at radius 3 is 2.55 bits per heavy atom. The topological polar surface area (TPSA) is 69.0 Å². The molecule has 166 valence electrons. The average Bonchev–Trinajstić information content (AvgIpc) is 3.53. The second kappa shape index (κ2) is 9.64. The molecule has 0 unspecified atom stereocenters. The van der Waals surface area contributed by atoms with Crippen LogP contribution in [0.3, 0.4) is 0 Å². The van der Waals surface area contributed by atoms with E-state index in [-0.39, 0.29) is 5.97 Å². The largest absolute Gasteiger partial charge is 0.463 e. The molecule has 0 saturated carbocycles. The lowest BCUT2D eigenvalue weighted by Gasteiger charge is -2.28. The molecule has 0 spiro atoms. The van der Waals surface area contributed by atoms with Gasteiger partial charge in [0.15, 0.2) is 0 Å². The molecule has 8 heteroatoms. The summed E-state index contributed by atoms with van der Waals surface area (Å²) in [5, 5.41) is 10.8. The molecule has 0 aliphatic carbocycles. The summed E-state index contributed by atoms with van der Waals surface area (Å²) in [6.07, 6.45) is 0. The molecular weight excluding hydrogens is 452 g/mol. The van der Waals surface area contributed by atoms with Crippen molar-refractivity contribution in [3.8, 4) is 0 Å². The number of thioether (sulfide) groups is 1. The third-order valence-electron chi connectivity index (χ3n) is 5.22. The molecule has 33 heavy (non-hydrogen) atoms. The van der Waals surface area contributed by atoms with Gasteiger partial charge in [-0.05, 0) is 29.5 Å². The van der Waals surface area contributed by atoms with E-state index >= 15 is 0 Å². The van der Waals surface area contributed by atoms with Crippen molar-refractivity contribution in [2.45, 2.75) is 23.9 Å². The van der Waals surface area contributed by atoms with Crippen LogP contribution >= 0.6 is 23.1 Å². The van der Waals surface area contributed by atoms with Gasteiger partial charge in [0.1, 0.15) is 6.04 Å². The van der Waals surface area contributed by atoms with E-state index < -0.39 is 6.04 Å². The van der Waals surface area contributed by atoms with Crippen molar-refractivity contribution in [3.05, 3.63) is 99.8 Å². The highest BCUT2D eigenvalue weighted by atomic mass is 32.2. The predicted octanol–water partition coefficient (Wildman–Crippen LogP) is 5.62. The Hall–Kier alpha value is -3.36. The number of esters is 1. The van der Waals surface area contributed by atoms with Crippen molar-refractivity contribution in [2.24, 2.45) is 0 Å². The number of nitrogens with one attached hydrogen (secondary N) is 1. The van der Waals surface area contributed by atoms with Crippen molar-refractivity contribution < 1.29 is 9.53 Å². The van der Waals surface area contributed by atoms with Crippen molar-refractivity contribution in [3.63, 3.8) is 0 Å². The maximum atomic E-state index is 13.2. The number of rotatable bonds is 7. The number of benzene rings is 2. The summed E-state index contributed by atoms with van der Waals surface area (Å²) in [6.45, 7) is 2.11. The van der Waals surface area contributed by atoms with Gasteiger partial charge in [-0.2, -0.15) is 4.98 Å². The van der Waals surface area contributed by atoms with Crippen LogP contribution < -0.4 is 5.32 Å². The zero-order valence-electron chi connectivity index (χ0n) is 18.0. The Balaban J connectivity index is 1.58. The molecule has 2 aromatic heterocycles. The van der Waals surface area contributed by atoms with E-state index in [9.17, 15) is 4.79 Å². The molecule has 5 rings (SSSR count). The number of ether oxygens (including phenoxy) is 1. The fraction of sp³-hybridized carbons (Fsp3) is 0.160. The second-order valence-electron chi connectivity index (χ2n) is 7.35. The van der Waals surface area contributed by atoms with E-state index in [2.05, 4.69) is 17.4 Å². The SMILES string of the molecule is CCOC(=O)C1=C(c2ccccc2)Nc2nc(SCc3ccccc3)nn2[C@H]1c1cccs1. The zero-order chi connectivity index (χ0) is 22.6. The molecule has 3 heterocycles. The Morgan fingerprint density at radius 1 is 1.09 bits per heavy atom. The minimum absolute atomic E-state index is 0.296. The van der Waals surface area contributed by atoms with Crippen molar-refractivity contribution in [2.75, 3.05) is 11.9 Å². The first-order valence-electron chi connectivity index (χ1n) is 10.6. The van der Waals surface area contributed by atoms with Gasteiger partial charge in [0.25, 0.3) is 0 Å². The van der Waals surface area contributed by atoms with Gasteiger partial charge in [0, 0.05) is 10.6 Å². The van der Waals surface area contributed by atoms with Gasteiger partial charge < -0.3 is 10.1 Å². The molecule has 0 bridgehead atoms. The first kappa shape index (κ1) is 21.5. The monoisotopic (exact) mass is 474 g/mol. The molecule has 1 atom stereocenters. The maximum absolute atomic E-state index is 13.2. The zero-order valence-corrected chi connectivity index (χ0v) is 19.6. The lowest BCUT2D eigenvalue weighted by molar-refractivity contribution is -0.138. The summed E-state index contributed by atoms with van der Waals surface area (Å²) in [5.74, 6) is 1.01. The lowest BCUT2D eigenvalue weighted by Crippen LogP contribution is -2.29. The van der Waals surface area contributed by atoms with Crippen LogP contribution in [-0.2, 0) is 15.3 Å². The van der Waals surface area contributed by atoms with Crippen LogP contribution in [0, 0.1) is 0 Å². The van der Waals surface area contributed by atoms with Gasteiger partial charge in [-0.3, -0.25) is 0 Å². The van der Waals surface area contributed by atoms with Crippen molar-refractivity contribution >= 4 is 40.7 Å². The maximum Gasteiger partial charge on any atom is 0.338 e. The van der Waals surface area contributed by atoms with Crippen LogP contribution in [0.4, 0.5) is 5.95 Å². The van der Waals surface area contributed by atoms with E-state index in [0.29, 0.717) is 29.0 Å². The summed E-state index contributed by atoms with van der Waals surface area (Å²) < 4.78 is 7.29. The van der Waals surface area contributed by atoms with Gasteiger partial charge in [-0.15, -0.1) is 16.4 Å². The molecule has 0 radical (unpaired) electrons. The molecule has 1 N–H and O–H groups in total. The number of hydrogen-bond donors (Lipinski definition) is 1. The van der Waals surface area contributed by atoms with Gasteiger partial charge in [0.05, 0.1) is 17.9 Å². The third-order valence-corrected chi connectivity index (χ3v) is 7.05. The Morgan fingerprint density at radius 2 is 1.85 bits per heavy atom. The van der Waals surface area contributed by atoms with Gasteiger partial charge in [-0.25, -0.2) is 9.48 Å². The van der Waals surface area contributed by atoms with E-state index in [0.717, 1.165) is 16.2 Å². The van der Waals surface area contributed by atoms with Crippen molar-refractivity contribution in [1.82, 2.24) is 14.8 Å². The summed E-state index contributed by atoms with van der Waals surface area (Å²) in [5.41, 5.74) is 3.33. The van der Waals surface area contributed by atoms with Crippen LogP contribution in [-0.4, -0.2) is 27.3 Å². The van der Waals surface area contributed by atoms with Gasteiger partial charge in [0.2, 0.25) is 11.1 Å². The smallest absolute Gasteiger partial charge is 0.338 e. The van der Waals surface area contributed by atoms with E-state index in [1.165, 1.54) is 5.56 Å². The first-order chi connectivity index (χ1) is 16.2. The number of hydrogen-bond acceptors (Lipinski definition) is 7. The lowest BCUT2D eigenvalue weighted by atomic mass is 9.97. The Bertz CT molecular complexity index is 1270. The van der Waals surface area contributed by atoms with Gasteiger partial charge in [-0.1, -0.05) is 78.5 Å². The van der Waals surface area contributed by atoms with Crippen LogP contribution in [0.15, 0.2) is 88.9 Å². The van der Waals surface area contributed by atoms with Crippen LogP contribution in [0.1, 0.15) is 29.0 Å². The Labute approximate surface area is 200 Å². The number of nitrogens with zero attached hydrogens (tertiary/aromatic N) is 3. The molecule has 4 aromatic rings. The first-order valence-corrected chi connectivity index (χ1v) is 12.5. The van der Waals surface area contributed by atoms with E-state index in [1.54, 1.807) is 27.8 Å². The fourth-order valence-electron chi connectivity index (χ4n) is 3.76. The minimum atomic E-state index is -0.422. The molecule has 0 amide bonds. The normalized spacial score (nSPS) is 15.1. The molecule has 6 nitrogen and oxygen atoms in total. The summed E-state index contributed by atoms with van der Waals surface area (Å²) in [7, 11) is 0. The standard InChI is InChI=1S/C25H22N4O2S2/c1-2-31-23(30)20-21(18-12-7-4-8-13-18)26-24-27-25(33-16-17-10-5-3-6-11-17)28-29(24)22(20)19-14-9-15-32-19/h3-15,22H,2,16H2,1H3,(H,26,27,28)/t22-/m0/s1. The number of thiophene rings is 1. The van der Waals surface area contributed by atoms with E-state index in [1.807, 2.05) is 73.0 Å². The number of carbonyl (C=O) groups excluding carboxylic acids is 1. The Kier molecular flexibility index (Phi) is 6.28. The van der Waals surface area contributed by atoms with Crippen LogP contribution in [0.5, 0.6) is 0 Å². The molecule has 1 aliphatic rings. The van der Waals surface area contributed by atoms with E-state index in [4.69, 9.17) is 14.8 Å². The highest BCUT2D eigenvalue weighted by Gasteiger charge is 2.37. The fourth-order valence-corrected chi connectivity index (χ4v) is 5.36. The number of aromatic nitrogens is 3. The molecule has 0 saturated heterocycles. The van der Waals surface area contributed by atoms with Crippen LogP contribution in [0.2, 0.25) is 0 Å². The molecule has 2 aromatic carbocycles. The average molecular weight is 475 g/mol. The predicted molar refractivity (Wildman–Crippen MR) is 132 cm³/mol. The molecule has 1 aliphatic heterocycles. The number of fused-ring (bicyclic) bond motifs is 1. The third kappa shape index (κ3) is 4.44. The minimum Gasteiger partial charge on any atom is -0.463 e. The number of carbonyl (C=O) groups is 1.